The zero-order chi connectivity index (χ0) is 30.1. The van der Waals surface area contributed by atoms with Crippen molar-refractivity contribution >= 4 is 5.69 Å². The van der Waals surface area contributed by atoms with Crippen LogP contribution in [0.3, 0.4) is 0 Å². The average molecular weight is 590 g/mol. The topological polar surface area (TPSA) is 58.6 Å². The Morgan fingerprint density at radius 2 is 0.932 bits per heavy atom. The van der Waals surface area contributed by atoms with Gasteiger partial charge in [-0.2, -0.15) is 0 Å². The molecule has 5 aromatic rings. The van der Waals surface area contributed by atoms with Crippen LogP contribution in [-0.4, -0.2) is 14.2 Å². The molecule has 0 aromatic heterocycles. The first kappa shape index (κ1) is 29.0. The predicted molar refractivity (Wildman–Crippen MR) is 169 cm³/mol. The Balaban J connectivity index is 1.44. The van der Waals surface area contributed by atoms with Crippen molar-refractivity contribution in [1.29, 1.82) is 0 Å². The summed E-state index contributed by atoms with van der Waals surface area (Å²) in [6, 6.07) is 37.9. The van der Waals surface area contributed by atoms with Crippen molar-refractivity contribution in [1.82, 2.24) is 0 Å². The minimum absolute atomic E-state index is 0.300. The third-order valence-corrected chi connectivity index (χ3v) is 7.33. The van der Waals surface area contributed by atoms with Crippen LogP contribution in [0.5, 0.6) is 28.7 Å². The smallest absolute Gasteiger partial charge is 0.210 e. The number of fused-ring (bicyclic) bond motifs is 1. The molecule has 0 N–H and O–H groups in total. The van der Waals surface area contributed by atoms with Crippen LogP contribution < -0.4 is 28.7 Å². The van der Waals surface area contributed by atoms with Crippen molar-refractivity contribution in [2.24, 2.45) is 0 Å². The Bertz CT molecular complexity index is 1640. The van der Waals surface area contributed by atoms with Gasteiger partial charge in [0.25, 0.3) is 0 Å². The number of hydrogen-bond acceptors (Lipinski definition) is 7. The molecule has 0 bridgehead atoms. The van der Waals surface area contributed by atoms with Gasteiger partial charge in [-0.25, -0.2) is 0 Å². The summed E-state index contributed by atoms with van der Waals surface area (Å²) in [5, 5.41) is 1.71. The Kier molecular flexibility index (Phi) is 9.14. The van der Waals surface area contributed by atoms with E-state index in [0.717, 1.165) is 39.3 Å². The van der Waals surface area contributed by atoms with Crippen LogP contribution in [0.2, 0.25) is 0 Å². The molecule has 7 heteroatoms. The van der Waals surface area contributed by atoms with E-state index >= 15 is 0 Å². The highest BCUT2D eigenvalue weighted by atomic mass is 16.7. The fourth-order valence-electron chi connectivity index (χ4n) is 5.00. The maximum absolute atomic E-state index is 6.60. The van der Waals surface area contributed by atoms with Crippen LogP contribution in [0.4, 0.5) is 5.69 Å². The first-order valence-corrected chi connectivity index (χ1v) is 14.5. The SMILES string of the molecule is COc1ccc(COc2c(OCc3ccccc3)c(OCc3ccccc3)c(OCc3ccccc3)c3c2N(C)OC3)cc1. The Labute approximate surface area is 258 Å². The molecule has 5 aromatic carbocycles. The summed E-state index contributed by atoms with van der Waals surface area (Å²) in [6.45, 7) is 1.58. The molecule has 6 rings (SSSR count). The van der Waals surface area contributed by atoms with E-state index in [-0.39, 0.29) is 0 Å². The van der Waals surface area contributed by atoms with E-state index in [2.05, 4.69) is 0 Å². The fourth-order valence-corrected chi connectivity index (χ4v) is 5.00. The zero-order valence-corrected chi connectivity index (χ0v) is 24.9. The number of rotatable bonds is 13. The van der Waals surface area contributed by atoms with E-state index in [1.165, 1.54) is 0 Å². The Morgan fingerprint density at radius 1 is 0.523 bits per heavy atom. The summed E-state index contributed by atoms with van der Waals surface area (Å²) >= 11 is 0. The van der Waals surface area contributed by atoms with E-state index < -0.39 is 0 Å². The van der Waals surface area contributed by atoms with Gasteiger partial charge in [0.2, 0.25) is 11.5 Å². The Morgan fingerprint density at radius 3 is 1.41 bits per heavy atom. The molecule has 224 valence electrons. The van der Waals surface area contributed by atoms with Gasteiger partial charge < -0.3 is 23.7 Å². The molecule has 0 amide bonds. The van der Waals surface area contributed by atoms with Gasteiger partial charge in [0.1, 0.15) is 44.5 Å². The largest absolute Gasteiger partial charge is 0.497 e. The minimum atomic E-state index is 0.300. The quantitative estimate of drug-likeness (QED) is 0.138. The van der Waals surface area contributed by atoms with Crippen LogP contribution in [0, 0.1) is 0 Å². The third-order valence-electron chi connectivity index (χ3n) is 7.33. The van der Waals surface area contributed by atoms with E-state index in [9.17, 15) is 0 Å². The minimum Gasteiger partial charge on any atom is -0.497 e. The molecule has 1 aliphatic rings. The lowest BCUT2D eigenvalue weighted by Crippen LogP contribution is -2.13. The van der Waals surface area contributed by atoms with Crippen molar-refractivity contribution in [3.05, 3.63) is 143 Å². The molecule has 0 saturated heterocycles. The van der Waals surface area contributed by atoms with Crippen LogP contribution in [0.1, 0.15) is 27.8 Å². The van der Waals surface area contributed by atoms with Gasteiger partial charge in [-0.3, -0.25) is 9.90 Å². The van der Waals surface area contributed by atoms with Crippen molar-refractivity contribution < 1.29 is 28.5 Å². The van der Waals surface area contributed by atoms with Gasteiger partial charge in [-0.05, 0) is 34.4 Å². The highest BCUT2D eigenvalue weighted by Gasteiger charge is 2.35. The molecule has 0 radical (unpaired) electrons. The van der Waals surface area contributed by atoms with Crippen molar-refractivity contribution in [2.75, 3.05) is 19.2 Å². The first-order valence-electron chi connectivity index (χ1n) is 14.5. The van der Waals surface area contributed by atoms with E-state index in [4.69, 9.17) is 28.5 Å². The van der Waals surface area contributed by atoms with Gasteiger partial charge in [0.05, 0.1) is 12.7 Å². The van der Waals surface area contributed by atoms with E-state index in [1.54, 1.807) is 12.2 Å². The first-order chi connectivity index (χ1) is 21.7. The van der Waals surface area contributed by atoms with Crippen LogP contribution in [-0.2, 0) is 37.9 Å². The van der Waals surface area contributed by atoms with Gasteiger partial charge in [-0.1, -0.05) is 103 Å². The maximum atomic E-state index is 6.60. The molecule has 0 unspecified atom stereocenters. The fraction of sp³-hybridized carbons (Fsp3) is 0.189. The molecular formula is C37H35NO6. The van der Waals surface area contributed by atoms with Gasteiger partial charge >= 0.3 is 0 Å². The lowest BCUT2D eigenvalue weighted by molar-refractivity contribution is 0.128. The average Bonchev–Trinajstić information content (AvgIpc) is 3.47. The lowest BCUT2D eigenvalue weighted by atomic mass is 10.1. The summed E-state index contributed by atoms with van der Waals surface area (Å²) < 4.78 is 31.7. The second-order valence-electron chi connectivity index (χ2n) is 10.4. The number of hydrogen-bond donors (Lipinski definition) is 0. The van der Waals surface area contributed by atoms with Gasteiger partial charge in [-0.15, -0.1) is 0 Å². The number of benzene rings is 5. The number of anilines is 1. The molecule has 0 aliphatic carbocycles. The monoisotopic (exact) mass is 589 g/mol. The summed E-state index contributed by atoms with van der Waals surface area (Å²) in [5.74, 6) is 2.82. The standard InChI is InChI=1S/C37H35NO6/c1-38-33-32(26-44-38)34(40-22-27-12-6-3-7-13-27)36(42-23-28-14-8-4-9-15-28)37(43-24-29-16-10-5-11-17-29)35(33)41-25-30-18-20-31(39-2)21-19-30/h3-21H,22-26H2,1-2H3. The molecule has 0 spiro atoms. The number of ether oxygens (including phenoxy) is 5. The summed E-state index contributed by atoms with van der Waals surface area (Å²) in [7, 11) is 3.51. The lowest BCUT2D eigenvalue weighted by Gasteiger charge is -2.24. The molecule has 1 heterocycles. The second kappa shape index (κ2) is 13.9. The van der Waals surface area contributed by atoms with Gasteiger partial charge in [0.15, 0.2) is 11.5 Å². The van der Waals surface area contributed by atoms with Crippen molar-refractivity contribution in [3.63, 3.8) is 0 Å². The predicted octanol–water partition coefficient (Wildman–Crippen LogP) is 7.89. The maximum Gasteiger partial charge on any atom is 0.210 e. The zero-order valence-electron chi connectivity index (χ0n) is 24.9. The molecular weight excluding hydrogens is 554 g/mol. The summed E-state index contributed by atoms with van der Waals surface area (Å²) in [4.78, 5) is 6.02. The van der Waals surface area contributed by atoms with Crippen LogP contribution in [0.25, 0.3) is 0 Å². The summed E-state index contributed by atoms with van der Waals surface area (Å²) in [6.07, 6.45) is 0. The highest BCUT2D eigenvalue weighted by molar-refractivity contribution is 5.79. The molecule has 0 saturated carbocycles. The molecule has 0 atom stereocenters. The van der Waals surface area contributed by atoms with Crippen molar-refractivity contribution in [3.8, 4) is 28.7 Å². The molecule has 7 nitrogen and oxygen atoms in total. The van der Waals surface area contributed by atoms with Crippen LogP contribution in [0.15, 0.2) is 115 Å². The van der Waals surface area contributed by atoms with Crippen LogP contribution >= 0.6 is 0 Å². The Hall–Kier alpha value is -5.14. The molecule has 0 fully saturated rings. The third kappa shape index (κ3) is 6.74. The van der Waals surface area contributed by atoms with Crippen molar-refractivity contribution in [2.45, 2.75) is 33.0 Å². The van der Waals surface area contributed by atoms with E-state index in [0.29, 0.717) is 56.0 Å². The van der Waals surface area contributed by atoms with E-state index in [1.807, 2.05) is 122 Å². The summed E-state index contributed by atoms with van der Waals surface area (Å²) in [5.41, 5.74) is 5.63. The highest BCUT2D eigenvalue weighted by Crippen LogP contribution is 2.56. The molecule has 1 aliphatic heterocycles. The number of nitrogens with zero attached hydrogens (tertiary/aromatic N) is 1. The molecule has 44 heavy (non-hydrogen) atoms. The van der Waals surface area contributed by atoms with Gasteiger partial charge in [0, 0.05) is 7.05 Å². The number of methoxy groups -OCH3 is 1. The second-order valence-corrected chi connectivity index (χ2v) is 10.4. The number of hydroxylamine groups is 1. The normalized spacial score (nSPS) is 12.0.